The first-order valence-electron chi connectivity index (χ1n) is 13.1. The molecule has 0 bridgehead atoms. The zero-order chi connectivity index (χ0) is 26.8. The molecule has 0 aromatic heterocycles. The smallest absolute Gasteiger partial charge is 0.300 e. The molecule has 0 unspecified atom stereocenters. The van der Waals surface area contributed by atoms with E-state index in [4.69, 9.17) is 6.57 Å². The van der Waals surface area contributed by atoms with Crippen LogP contribution in [0, 0.1) is 31.8 Å². The second-order valence-electron chi connectivity index (χ2n) is 9.56. The fourth-order valence-electron chi connectivity index (χ4n) is 4.83. The van der Waals surface area contributed by atoms with Crippen LogP contribution in [0.2, 0.25) is 0 Å². The number of nitrogens with zero attached hydrogens (tertiary/aromatic N) is 5. The van der Waals surface area contributed by atoms with Crippen LogP contribution in [-0.2, 0) is 13.1 Å². The summed E-state index contributed by atoms with van der Waals surface area (Å²) in [7, 11) is 0. The molecular formula is C30H38N6O. The maximum atomic E-state index is 13.2. The molecule has 1 fully saturated rings. The van der Waals surface area contributed by atoms with Crippen molar-refractivity contribution >= 4 is 5.91 Å². The van der Waals surface area contributed by atoms with Gasteiger partial charge in [-0.15, -0.1) is 0 Å². The number of hydrogen-bond donors (Lipinski definition) is 1. The van der Waals surface area contributed by atoms with E-state index in [-0.39, 0.29) is 11.6 Å². The minimum atomic E-state index is -0.00179. The lowest BCUT2D eigenvalue weighted by molar-refractivity contribution is 0.0752. The third-order valence-electron chi connectivity index (χ3n) is 6.59. The van der Waals surface area contributed by atoms with Crippen molar-refractivity contribution in [1.29, 1.82) is 5.26 Å². The van der Waals surface area contributed by atoms with Gasteiger partial charge in [0.2, 0.25) is 0 Å². The molecule has 0 atom stereocenters. The Balaban J connectivity index is 1.69. The van der Waals surface area contributed by atoms with Crippen LogP contribution in [0.25, 0.3) is 4.85 Å². The minimum Gasteiger partial charge on any atom is -0.363 e. The molecule has 37 heavy (non-hydrogen) atoms. The molecule has 1 aliphatic heterocycles. The summed E-state index contributed by atoms with van der Waals surface area (Å²) in [6, 6.07) is 16.3. The van der Waals surface area contributed by atoms with Crippen LogP contribution < -0.4 is 5.32 Å². The van der Waals surface area contributed by atoms with Crippen LogP contribution in [0.15, 0.2) is 54.0 Å². The lowest BCUT2D eigenvalue weighted by Crippen LogP contribution is -2.38. The number of nitrogens with one attached hydrogen (secondary N) is 1. The van der Waals surface area contributed by atoms with Gasteiger partial charge in [0.1, 0.15) is 5.82 Å². The molecule has 7 heteroatoms. The number of nitriles is 1. The topological polar surface area (TPSA) is 67.0 Å². The lowest BCUT2D eigenvalue weighted by atomic mass is 10.1. The number of carbonyl (C=O) groups is 1. The molecule has 1 heterocycles. The summed E-state index contributed by atoms with van der Waals surface area (Å²) in [5.74, 6) is 0.669. The third kappa shape index (κ3) is 7.35. The number of benzene rings is 2. The van der Waals surface area contributed by atoms with Crippen LogP contribution in [-0.4, -0.2) is 59.9 Å². The molecule has 0 saturated carbocycles. The summed E-state index contributed by atoms with van der Waals surface area (Å²) in [6.45, 7) is 21.4. The molecule has 1 N–H and O–H groups in total. The normalized spacial score (nSPS) is 14.3. The zero-order valence-electron chi connectivity index (χ0n) is 22.5. The SMILES string of the molecule is [C-]#[N+]C(C#N)=C1N(CCN(CC)C(=O)c2ccc(CNCCC)cc2)CCN1Cc1cc(C)cc(C)c1. The van der Waals surface area contributed by atoms with Gasteiger partial charge in [0.25, 0.3) is 5.91 Å². The Morgan fingerprint density at radius 1 is 1.08 bits per heavy atom. The summed E-state index contributed by atoms with van der Waals surface area (Å²) in [5.41, 5.74) is 5.50. The Kier molecular flexibility index (Phi) is 10.1. The van der Waals surface area contributed by atoms with Crippen LogP contribution in [0.5, 0.6) is 0 Å². The average molecular weight is 499 g/mol. The van der Waals surface area contributed by atoms with Crippen molar-refractivity contribution in [2.45, 2.75) is 47.2 Å². The van der Waals surface area contributed by atoms with Crippen LogP contribution in [0.3, 0.4) is 0 Å². The van der Waals surface area contributed by atoms with Gasteiger partial charge in [-0.05, 0) is 57.0 Å². The van der Waals surface area contributed by atoms with Crippen molar-refractivity contribution in [3.8, 4) is 6.07 Å². The molecule has 7 nitrogen and oxygen atoms in total. The monoisotopic (exact) mass is 498 g/mol. The van der Waals surface area contributed by atoms with E-state index in [9.17, 15) is 10.1 Å². The molecule has 3 rings (SSSR count). The van der Waals surface area contributed by atoms with Crippen LogP contribution in [0.1, 0.15) is 52.9 Å². The molecule has 1 aliphatic rings. The summed E-state index contributed by atoms with van der Waals surface area (Å²) < 4.78 is 0. The van der Waals surface area contributed by atoms with Gasteiger partial charge < -0.3 is 20.0 Å². The molecule has 0 radical (unpaired) electrons. The maximum absolute atomic E-state index is 13.2. The molecule has 0 spiro atoms. The molecule has 194 valence electrons. The van der Waals surface area contributed by atoms with Gasteiger partial charge in [-0.3, -0.25) is 4.79 Å². The fourth-order valence-corrected chi connectivity index (χ4v) is 4.83. The average Bonchev–Trinajstić information content (AvgIpc) is 3.27. The number of carbonyl (C=O) groups excluding carboxylic acids is 1. The Bertz CT molecular complexity index is 1150. The van der Waals surface area contributed by atoms with Gasteiger partial charge >= 0.3 is 5.70 Å². The van der Waals surface area contributed by atoms with Gasteiger partial charge in [0.15, 0.2) is 0 Å². The predicted octanol–water partition coefficient (Wildman–Crippen LogP) is 4.69. The highest BCUT2D eigenvalue weighted by atomic mass is 16.2. The van der Waals surface area contributed by atoms with Crippen molar-refractivity contribution in [1.82, 2.24) is 20.0 Å². The molecule has 1 amide bonds. The molecule has 2 aromatic carbocycles. The number of allylic oxidation sites excluding steroid dienone is 1. The highest BCUT2D eigenvalue weighted by Gasteiger charge is 2.29. The predicted molar refractivity (Wildman–Crippen MR) is 147 cm³/mol. The van der Waals surface area contributed by atoms with Crippen molar-refractivity contribution < 1.29 is 4.79 Å². The number of rotatable bonds is 11. The van der Waals surface area contributed by atoms with Gasteiger partial charge in [-0.1, -0.05) is 48.4 Å². The maximum Gasteiger partial charge on any atom is 0.300 e. The van der Waals surface area contributed by atoms with Crippen molar-refractivity contribution in [2.24, 2.45) is 0 Å². The highest BCUT2D eigenvalue weighted by Crippen LogP contribution is 2.26. The minimum absolute atomic E-state index is 0.00179. The largest absolute Gasteiger partial charge is 0.363 e. The zero-order valence-corrected chi connectivity index (χ0v) is 22.5. The van der Waals surface area contributed by atoms with Gasteiger partial charge in [0, 0.05) is 51.4 Å². The van der Waals surface area contributed by atoms with E-state index < -0.39 is 0 Å². The van der Waals surface area contributed by atoms with Crippen LogP contribution >= 0.6 is 0 Å². The van der Waals surface area contributed by atoms with Crippen LogP contribution in [0.4, 0.5) is 0 Å². The standard InChI is InChI=1S/C30H38N6O/c1-6-12-33-21-25-8-10-27(11-9-25)30(37)34(7-2)13-14-35-15-16-36(29(35)28(20-31)32-5)22-26-18-23(3)17-24(4)19-26/h8-11,17-19,33H,6-7,12-16,21-22H2,1-4H3. The van der Waals surface area contributed by atoms with Gasteiger partial charge in [0.05, 0.1) is 12.6 Å². The highest BCUT2D eigenvalue weighted by molar-refractivity contribution is 5.94. The Morgan fingerprint density at radius 2 is 1.76 bits per heavy atom. The van der Waals surface area contributed by atoms with Crippen molar-refractivity contribution in [2.75, 3.05) is 39.3 Å². The quantitative estimate of drug-likeness (QED) is 0.276. The summed E-state index contributed by atoms with van der Waals surface area (Å²) in [5, 5.41) is 13.1. The third-order valence-corrected chi connectivity index (χ3v) is 6.59. The fraction of sp³-hybridized carbons (Fsp3) is 0.433. The van der Waals surface area contributed by atoms with Gasteiger partial charge in [-0.25, -0.2) is 10.1 Å². The summed E-state index contributed by atoms with van der Waals surface area (Å²) >= 11 is 0. The Hall–Kier alpha value is -3.81. The Morgan fingerprint density at radius 3 is 2.35 bits per heavy atom. The van der Waals surface area contributed by atoms with E-state index in [2.05, 4.69) is 65.0 Å². The molecule has 1 saturated heterocycles. The first-order valence-corrected chi connectivity index (χ1v) is 13.1. The van der Waals surface area contributed by atoms with E-state index in [0.29, 0.717) is 44.1 Å². The first-order chi connectivity index (χ1) is 17.9. The van der Waals surface area contributed by atoms with E-state index >= 15 is 0 Å². The van der Waals surface area contributed by atoms with E-state index in [1.165, 1.54) is 11.1 Å². The van der Waals surface area contributed by atoms with E-state index in [0.717, 1.165) is 37.2 Å². The first kappa shape index (κ1) is 27.8. The molecule has 0 aliphatic carbocycles. The van der Waals surface area contributed by atoms with E-state index in [1.54, 1.807) is 0 Å². The van der Waals surface area contributed by atoms with Gasteiger partial charge in [-0.2, -0.15) is 0 Å². The summed E-state index contributed by atoms with van der Waals surface area (Å²) in [6.07, 6.45) is 1.09. The van der Waals surface area contributed by atoms with Crippen molar-refractivity contribution in [3.63, 3.8) is 0 Å². The molecular weight excluding hydrogens is 460 g/mol. The number of aryl methyl sites for hydroxylation is 2. The van der Waals surface area contributed by atoms with Crippen molar-refractivity contribution in [3.05, 3.63) is 93.2 Å². The molecule has 2 aromatic rings. The second-order valence-corrected chi connectivity index (χ2v) is 9.56. The number of likely N-dealkylation sites (N-methyl/N-ethyl adjacent to an activating group) is 1. The number of hydrogen-bond acceptors (Lipinski definition) is 5. The second kappa shape index (κ2) is 13.5. The van der Waals surface area contributed by atoms with E-state index in [1.807, 2.05) is 36.1 Å². The Labute approximate surface area is 221 Å². The number of amides is 1. The lowest BCUT2D eigenvalue weighted by Gasteiger charge is -2.28. The summed E-state index contributed by atoms with van der Waals surface area (Å²) in [4.78, 5) is 22.8.